The summed E-state index contributed by atoms with van der Waals surface area (Å²) >= 11 is 0. The number of hydrogen-bond donors (Lipinski definition) is 1. The number of benzene rings is 1. The van der Waals surface area contributed by atoms with Crippen molar-refractivity contribution in [2.75, 3.05) is 23.3 Å². The molecule has 4 rings (SSSR count). The highest BCUT2D eigenvalue weighted by atomic mass is 16.3. The van der Waals surface area contributed by atoms with Crippen LogP contribution in [0.4, 0.5) is 11.6 Å². The van der Waals surface area contributed by atoms with Crippen LogP contribution < -0.4 is 10.2 Å². The maximum absolute atomic E-state index is 12.3. The van der Waals surface area contributed by atoms with Gasteiger partial charge in [-0.05, 0) is 31.4 Å². The summed E-state index contributed by atoms with van der Waals surface area (Å²) in [6.45, 7) is 1.98. The van der Waals surface area contributed by atoms with Crippen LogP contribution in [-0.4, -0.2) is 29.0 Å². The highest BCUT2D eigenvalue weighted by molar-refractivity contribution is 6.04. The Bertz CT molecular complexity index is 818. The predicted molar refractivity (Wildman–Crippen MR) is 92.3 cm³/mol. The van der Waals surface area contributed by atoms with Gasteiger partial charge < -0.3 is 14.6 Å². The van der Waals surface area contributed by atoms with Crippen molar-refractivity contribution in [3.8, 4) is 0 Å². The van der Waals surface area contributed by atoms with E-state index in [1.165, 1.54) is 19.3 Å². The molecule has 1 fully saturated rings. The molecule has 3 heterocycles. The number of anilines is 2. The zero-order valence-corrected chi connectivity index (χ0v) is 13.2. The number of carbonyl (C=O) groups is 1. The van der Waals surface area contributed by atoms with E-state index in [0.29, 0.717) is 11.3 Å². The van der Waals surface area contributed by atoms with E-state index >= 15 is 0 Å². The molecule has 1 aliphatic heterocycles. The molecule has 24 heavy (non-hydrogen) atoms. The molecule has 0 spiro atoms. The average molecular weight is 322 g/mol. The SMILES string of the molecule is O=C(Nc1cnc(N2CCCCC2)nc1)c1cc2ccccc2o1. The van der Waals surface area contributed by atoms with E-state index in [-0.39, 0.29) is 11.7 Å². The monoisotopic (exact) mass is 322 g/mol. The van der Waals surface area contributed by atoms with Crippen LogP contribution in [0.25, 0.3) is 11.0 Å². The second kappa shape index (κ2) is 6.31. The molecule has 0 aliphatic carbocycles. The molecule has 0 radical (unpaired) electrons. The number of nitrogens with zero attached hydrogens (tertiary/aromatic N) is 3. The first-order valence-electron chi connectivity index (χ1n) is 8.16. The number of nitrogens with one attached hydrogen (secondary N) is 1. The number of aromatic nitrogens is 2. The third-order valence-corrected chi connectivity index (χ3v) is 4.18. The topological polar surface area (TPSA) is 71.3 Å². The molecular formula is C18H18N4O2. The van der Waals surface area contributed by atoms with E-state index in [0.717, 1.165) is 24.4 Å². The maximum Gasteiger partial charge on any atom is 0.291 e. The van der Waals surface area contributed by atoms with Gasteiger partial charge in [-0.15, -0.1) is 0 Å². The third kappa shape index (κ3) is 2.95. The molecule has 1 aliphatic rings. The fourth-order valence-electron chi connectivity index (χ4n) is 2.93. The van der Waals surface area contributed by atoms with E-state index in [2.05, 4.69) is 20.2 Å². The minimum atomic E-state index is -0.305. The minimum absolute atomic E-state index is 0.274. The molecule has 6 heteroatoms. The lowest BCUT2D eigenvalue weighted by atomic mass is 10.1. The Morgan fingerprint density at radius 1 is 1.08 bits per heavy atom. The van der Waals surface area contributed by atoms with Crippen molar-refractivity contribution in [3.63, 3.8) is 0 Å². The summed E-state index contributed by atoms with van der Waals surface area (Å²) in [6.07, 6.45) is 6.89. The molecule has 0 atom stereocenters. The van der Waals surface area contributed by atoms with Crippen molar-refractivity contribution < 1.29 is 9.21 Å². The molecule has 1 aromatic carbocycles. The molecule has 6 nitrogen and oxygen atoms in total. The van der Waals surface area contributed by atoms with Crippen LogP contribution in [0, 0.1) is 0 Å². The van der Waals surface area contributed by atoms with Crippen molar-refractivity contribution >= 4 is 28.5 Å². The van der Waals surface area contributed by atoms with Gasteiger partial charge in [0.05, 0.1) is 18.1 Å². The number of fused-ring (bicyclic) bond motifs is 1. The number of para-hydroxylation sites is 1. The lowest BCUT2D eigenvalue weighted by Crippen LogP contribution is -2.30. The van der Waals surface area contributed by atoms with Gasteiger partial charge in [-0.1, -0.05) is 18.2 Å². The lowest BCUT2D eigenvalue weighted by molar-refractivity contribution is 0.0998. The van der Waals surface area contributed by atoms with Gasteiger partial charge in [0.2, 0.25) is 5.95 Å². The van der Waals surface area contributed by atoms with Crippen molar-refractivity contribution in [1.82, 2.24) is 9.97 Å². The second-order valence-electron chi connectivity index (χ2n) is 5.92. The van der Waals surface area contributed by atoms with E-state index < -0.39 is 0 Å². The molecule has 1 amide bonds. The first-order chi connectivity index (χ1) is 11.8. The van der Waals surface area contributed by atoms with Crippen LogP contribution in [0.15, 0.2) is 47.1 Å². The van der Waals surface area contributed by atoms with Crippen LogP contribution in [-0.2, 0) is 0 Å². The summed E-state index contributed by atoms with van der Waals surface area (Å²) in [4.78, 5) is 23.2. The van der Waals surface area contributed by atoms with Crippen LogP contribution in [0.5, 0.6) is 0 Å². The molecule has 3 aromatic rings. The number of rotatable bonds is 3. The van der Waals surface area contributed by atoms with E-state index in [1.54, 1.807) is 18.5 Å². The number of piperidine rings is 1. The number of amides is 1. The Labute approximate surface area is 139 Å². The molecule has 0 bridgehead atoms. The Morgan fingerprint density at radius 2 is 1.83 bits per heavy atom. The molecule has 1 saturated heterocycles. The summed E-state index contributed by atoms with van der Waals surface area (Å²) in [5, 5.41) is 3.68. The lowest BCUT2D eigenvalue weighted by Gasteiger charge is -2.26. The Hall–Kier alpha value is -2.89. The van der Waals surface area contributed by atoms with Gasteiger partial charge in [0.1, 0.15) is 5.58 Å². The zero-order chi connectivity index (χ0) is 16.4. The quantitative estimate of drug-likeness (QED) is 0.799. The summed E-state index contributed by atoms with van der Waals surface area (Å²) in [5.41, 5.74) is 1.25. The van der Waals surface area contributed by atoms with Gasteiger partial charge >= 0.3 is 0 Å². The number of hydrogen-bond acceptors (Lipinski definition) is 5. The molecule has 2 aromatic heterocycles. The molecular weight excluding hydrogens is 304 g/mol. The fourth-order valence-corrected chi connectivity index (χ4v) is 2.93. The van der Waals surface area contributed by atoms with Crippen molar-refractivity contribution in [2.45, 2.75) is 19.3 Å². The van der Waals surface area contributed by atoms with Gasteiger partial charge in [-0.3, -0.25) is 4.79 Å². The van der Waals surface area contributed by atoms with Crippen LogP contribution in [0.3, 0.4) is 0 Å². The normalized spacial score (nSPS) is 14.8. The summed E-state index contributed by atoms with van der Waals surface area (Å²) in [5.74, 6) is 0.688. The van der Waals surface area contributed by atoms with Gasteiger partial charge in [0.25, 0.3) is 5.91 Å². The smallest absolute Gasteiger partial charge is 0.291 e. The second-order valence-corrected chi connectivity index (χ2v) is 5.92. The number of carbonyl (C=O) groups excluding carboxylic acids is 1. The summed E-state index contributed by atoms with van der Waals surface area (Å²) in [7, 11) is 0. The largest absolute Gasteiger partial charge is 0.451 e. The van der Waals surface area contributed by atoms with Crippen LogP contribution >= 0.6 is 0 Å². The number of furan rings is 1. The molecule has 122 valence electrons. The standard InChI is InChI=1S/C18H18N4O2/c23-17(16-10-13-6-2-3-7-15(13)24-16)21-14-11-19-18(20-12-14)22-8-4-1-5-9-22/h2-3,6-7,10-12H,1,4-5,8-9H2,(H,21,23). The first kappa shape index (κ1) is 14.7. The predicted octanol–water partition coefficient (Wildman–Crippen LogP) is 3.47. The van der Waals surface area contributed by atoms with E-state index in [1.807, 2.05) is 24.3 Å². The average Bonchev–Trinajstić information content (AvgIpc) is 3.07. The Balaban J connectivity index is 1.47. The van der Waals surface area contributed by atoms with E-state index in [4.69, 9.17) is 4.42 Å². The Kier molecular flexibility index (Phi) is 3.86. The molecule has 0 unspecified atom stereocenters. The van der Waals surface area contributed by atoms with Gasteiger partial charge in [0, 0.05) is 18.5 Å². The van der Waals surface area contributed by atoms with Crippen LogP contribution in [0.2, 0.25) is 0 Å². The van der Waals surface area contributed by atoms with Gasteiger partial charge in [0.15, 0.2) is 5.76 Å². The van der Waals surface area contributed by atoms with E-state index in [9.17, 15) is 4.79 Å². The molecule has 1 N–H and O–H groups in total. The highest BCUT2D eigenvalue weighted by Crippen LogP contribution is 2.20. The highest BCUT2D eigenvalue weighted by Gasteiger charge is 2.15. The summed E-state index contributed by atoms with van der Waals surface area (Å²) in [6, 6.07) is 9.26. The van der Waals surface area contributed by atoms with Gasteiger partial charge in [-0.2, -0.15) is 0 Å². The maximum atomic E-state index is 12.3. The molecule has 0 saturated carbocycles. The van der Waals surface area contributed by atoms with Crippen molar-refractivity contribution in [2.24, 2.45) is 0 Å². The fraction of sp³-hybridized carbons (Fsp3) is 0.278. The van der Waals surface area contributed by atoms with Gasteiger partial charge in [-0.25, -0.2) is 9.97 Å². The zero-order valence-electron chi connectivity index (χ0n) is 13.2. The van der Waals surface area contributed by atoms with Crippen molar-refractivity contribution in [3.05, 3.63) is 48.5 Å². The van der Waals surface area contributed by atoms with Crippen molar-refractivity contribution in [1.29, 1.82) is 0 Å². The minimum Gasteiger partial charge on any atom is -0.451 e. The first-order valence-corrected chi connectivity index (χ1v) is 8.16. The van der Waals surface area contributed by atoms with Crippen LogP contribution in [0.1, 0.15) is 29.8 Å². The summed E-state index contributed by atoms with van der Waals surface area (Å²) < 4.78 is 5.56. The third-order valence-electron chi connectivity index (χ3n) is 4.18. The Morgan fingerprint density at radius 3 is 2.58 bits per heavy atom.